The van der Waals surface area contributed by atoms with Crippen molar-refractivity contribution in [2.45, 2.75) is 44.8 Å². The number of rotatable bonds is 3. The summed E-state index contributed by atoms with van der Waals surface area (Å²) in [5, 5.41) is 12.3. The van der Waals surface area contributed by atoms with Gasteiger partial charge in [0.2, 0.25) is 5.91 Å². The summed E-state index contributed by atoms with van der Waals surface area (Å²) >= 11 is 0. The summed E-state index contributed by atoms with van der Waals surface area (Å²) in [6.45, 7) is 2.82. The Morgan fingerprint density at radius 1 is 1.44 bits per heavy atom. The van der Waals surface area contributed by atoms with Crippen molar-refractivity contribution in [2.75, 3.05) is 13.2 Å². The third kappa shape index (κ3) is 2.38. The van der Waals surface area contributed by atoms with E-state index >= 15 is 0 Å². The van der Waals surface area contributed by atoms with E-state index in [0.717, 1.165) is 25.7 Å². The van der Waals surface area contributed by atoms with Gasteiger partial charge in [-0.25, -0.2) is 0 Å². The maximum absolute atomic E-state index is 12.0. The van der Waals surface area contributed by atoms with Crippen molar-refractivity contribution in [3.05, 3.63) is 0 Å². The summed E-state index contributed by atoms with van der Waals surface area (Å²) < 4.78 is 5.39. The zero-order valence-electron chi connectivity index (χ0n) is 9.82. The second kappa shape index (κ2) is 5.15. The van der Waals surface area contributed by atoms with Gasteiger partial charge in [0, 0.05) is 25.2 Å². The van der Waals surface area contributed by atoms with E-state index in [0.29, 0.717) is 6.61 Å². The Morgan fingerprint density at radius 3 is 2.88 bits per heavy atom. The summed E-state index contributed by atoms with van der Waals surface area (Å²) in [6.07, 6.45) is 3.99. The molecule has 1 saturated heterocycles. The van der Waals surface area contributed by atoms with Gasteiger partial charge in [-0.1, -0.05) is 6.42 Å². The topological polar surface area (TPSA) is 58.6 Å². The van der Waals surface area contributed by atoms with Gasteiger partial charge < -0.3 is 15.2 Å². The van der Waals surface area contributed by atoms with E-state index in [9.17, 15) is 9.90 Å². The van der Waals surface area contributed by atoms with Crippen molar-refractivity contribution in [1.29, 1.82) is 0 Å². The molecule has 2 N–H and O–H groups in total. The van der Waals surface area contributed by atoms with Crippen LogP contribution >= 0.6 is 0 Å². The number of hydrogen-bond donors (Lipinski definition) is 2. The Bertz CT molecular complexity index is 257. The molecular formula is C12H21NO3. The van der Waals surface area contributed by atoms with E-state index in [1.165, 1.54) is 0 Å². The number of amides is 1. The monoisotopic (exact) mass is 227 g/mol. The second-order valence-electron chi connectivity index (χ2n) is 4.96. The van der Waals surface area contributed by atoms with Crippen molar-refractivity contribution in [1.82, 2.24) is 5.32 Å². The van der Waals surface area contributed by atoms with Crippen LogP contribution in [0.2, 0.25) is 0 Å². The highest BCUT2D eigenvalue weighted by Crippen LogP contribution is 2.27. The van der Waals surface area contributed by atoms with E-state index < -0.39 is 0 Å². The first kappa shape index (κ1) is 11.9. The molecule has 4 nitrogen and oxygen atoms in total. The Morgan fingerprint density at radius 2 is 2.25 bits per heavy atom. The van der Waals surface area contributed by atoms with Gasteiger partial charge in [0.1, 0.15) is 0 Å². The van der Waals surface area contributed by atoms with Crippen LogP contribution in [-0.4, -0.2) is 36.4 Å². The molecule has 2 rings (SSSR count). The van der Waals surface area contributed by atoms with E-state index in [4.69, 9.17) is 4.74 Å². The van der Waals surface area contributed by atoms with Crippen LogP contribution in [0, 0.1) is 11.8 Å². The fraction of sp³-hybridized carbons (Fsp3) is 0.917. The van der Waals surface area contributed by atoms with Crippen LogP contribution in [-0.2, 0) is 9.53 Å². The van der Waals surface area contributed by atoms with Gasteiger partial charge in [0.05, 0.1) is 12.0 Å². The zero-order chi connectivity index (χ0) is 11.5. The summed E-state index contributed by atoms with van der Waals surface area (Å²) in [6, 6.07) is 0.172. The molecule has 1 saturated carbocycles. The Labute approximate surface area is 96.4 Å². The van der Waals surface area contributed by atoms with Crippen molar-refractivity contribution in [3.63, 3.8) is 0 Å². The average molecular weight is 227 g/mol. The second-order valence-corrected chi connectivity index (χ2v) is 4.96. The van der Waals surface area contributed by atoms with Crippen molar-refractivity contribution >= 4 is 5.91 Å². The van der Waals surface area contributed by atoms with E-state index in [1.807, 2.05) is 6.92 Å². The molecule has 0 bridgehead atoms. The van der Waals surface area contributed by atoms with Crippen molar-refractivity contribution in [3.8, 4) is 0 Å². The standard InChI is InChI=1S/C12H21NO3/c1-8-10(5-6-16-8)12(15)13-11-4-2-3-9(11)7-14/h8-11,14H,2-7H2,1H3,(H,13,15). The molecule has 92 valence electrons. The van der Waals surface area contributed by atoms with Crippen LogP contribution in [0.4, 0.5) is 0 Å². The van der Waals surface area contributed by atoms with Gasteiger partial charge in [0.25, 0.3) is 0 Å². The molecule has 0 aromatic rings. The Kier molecular flexibility index (Phi) is 3.82. The summed E-state index contributed by atoms with van der Waals surface area (Å²) in [5.41, 5.74) is 0. The van der Waals surface area contributed by atoms with Crippen LogP contribution in [0.5, 0.6) is 0 Å². The number of aliphatic hydroxyl groups excluding tert-OH is 1. The fourth-order valence-corrected chi connectivity index (χ4v) is 2.81. The van der Waals surface area contributed by atoms with E-state index in [1.54, 1.807) is 0 Å². The highest BCUT2D eigenvalue weighted by atomic mass is 16.5. The smallest absolute Gasteiger partial charge is 0.226 e. The normalized spacial score (nSPS) is 38.9. The van der Waals surface area contributed by atoms with Gasteiger partial charge in [-0.2, -0.15) is 0 Å². The molecule has 2 aliphatic rings. The number of aliphatic hydroxyl groups is 1. The zero-order valence-corrected chi connectivity index (χ0v) is 9.82. The molecule has 1 amide bonds. The molecule has 16 heavy (non-hydrogen) atoms. The van der Waals surface area contributed by atoms with Gasteiger partial charge in [-0.15, -0.1) is 0 Å². The fourth-order valence-electron chi connectivity index (χ4n) is 2.81. The minimum atomic E-state index is -0.0000529. The van der Waals surface area contributed by atoms with Gasteiger partial charge in [-0.05, 0) is 26.2 Å². The first-order valence-corrected chi connectivity index (χ1v) is 6.25. The van der Waals surface area contributed by atoms with E-state index in [-0.39, 0.29) is 36.5 Å². The predicted molar refractivity (Wildman–Crippen MR) is 59.9 cm³/mol. The van der Waals surface area contributed by atoms with Gasteiger partial charge >= 0.3 is 0 Å². The Balaban J connectivity index is 1.86. The number of nitrogens with one attached hydrogen (secondary N) is 1. The number of carbonyl (C=O) groups is 1. The highest BCUT2D eigenvalue weighted by Gasteiger charge is 2.34. The molecule has 0 aromatic carbocycles. The quantitative estimate of drug-likeness (QED) is 0.745. The minimum Gasteiger partial charge on any atom is -0.396 e. The molecule has 4 unspecified atom stereocenters. The summed E-state index contributed by atoms with van der Waals surface area (Å²) in [4.78, 5) is 12.0. The molecular weight excluding hydrogens is 206 g/mol. The average Bonchev–Trinajstić information content (AvgIpc) is 2.86. The number of hydrogen-bond acceptors (Lipinski definition) is 3. The molecule has 1 aliphatic carbocycles. The molecule has 0 radical (unpaired) electrons. The lowest BCUT2D eigenvalue weighted by Crippen LogP contribution is -2.43. The number of carbonyl (C=O) groups excluding carboxylic acids is 1. The maximum Gasteiger partial charge on any atom is 0.226 e. The van der Waals surface area contributed by atoms with Crippen LogP contribution < -0.4 is 5.32 Å². The lowest BCUT2D eigenvalue weighted by atomic mass is 9.99. The van der Waals surface area contributed by atoms with Crippen LogP contribution in [0.3, 0.4) is 0 Å². The molecule has 0 spiro atoms. The highest BCUT2D eigenvalue weighted by molar-refractivity contribution is 5.79. The molecule has 1 aliphatic heterocycles. The molecule has 2 fully saturated rings. The largest absolute Gasteiger partial charge is 0.396 e. The first-order chi connectivity index (χ1) is 7.72. The first-order valence-electron chi connectivity index (χ1n) is 6.25. The maximum atomic E-state index is 12.0. The van der Waals surface area contributed by atoms with Crippen LogP contribution in [0.1, 0.15) is 32.6 Å². The van der Waals surface area contributed by atoms with Crippen molar-refractivity contribution in [2.24, 2.45) is 11.8 Å². The molecule has 0 aromatic heterocycles. The van der Waals surface area contributed by atoms with E-state index in [2.05, 4.69) is 5.32 Å². The third-order valence-corrected chi connectivity index (χ3v) is 3.93. The molecule has 1 heterocycles. The van der Waals surface area contributed by atoms with Crippen LogP contribution in [0.15, 0.2) is 0 Å². The lowest BCUT2D eigenvalue weighted by Gasteiger charge is -2.22. The van der Waals surface area contributed by atoms with Gasteiger partial charge in [0.15, 0.2) is 0 Å². The SMILES string of the molecule is CC1OCCC1C(=O)NC1CCCC1CO. The number of ether oxygens (including phenoxy) is 1. The van der Waals surface area contributed by atoms with Crippen molar-refractivity contribution < 1.29 is 14.6 Å². The minimum absolute atomic E-state index is 0.0000529. The summed E-state index contributed by atoms with van der Waals surface area (Å²) in [5.74, 6) is 0.358. The van der Waals surface area contributed by atoms with Crippen LogP contribution in [0.25, 0.3) is 0 Å². The molecule has 4 heteroatoms. The van der Waals surface area contributed by atoms with Gasteiger partial charge in [-0.3, -0.25) is 4.79 Å². The summed E-state index contributed by atoms with van der Waals surface area (Å²) in [7, 11) is 0. The predicted octanol–water partition coefficient (Wildman–Crippen LogP) is 0.689. The Hall–Kier alpha value is -0.610. The third-order valence-electron chi connectivity index (χ3n) is 3.93. The lowest BCUT2D eigenvalue weighted by molar-refractivity contribution is -0.127. The molecule has 4 atom stereocenters.